The zero-order valence-corrected chi connectivity index (χ0v) is 14.8. The van der Waals surface area contributed by atoms with Crippen molar-refractivity contribution in [3.8, 4) is 11.5 Å². The molecule has 0 heterocycles. The number of methoxy groups -OCH3 is 2. The topological polar surface area (TPSA) is 47.6 Å². The number of thioether (sulfide) groups is 1. The molecule has 0 radical (unpaired) electrons. The minimum atomic E-state index is -0.886. The van der Waals surface area contributed by atoms with Gasteiger partial charge in [-0.3, -0.25) is 4.79 Å². The van der Waals surface area contributed by atoms with Crippen LogP contribution in [0.15, 0.2) is 41.3 Å². The number of ether oxygens (including phenoxy) is 2. The first-order chi connectivity index (χ1) is 12.0. The van der Waals surface area contributed by atoms with Gasteiger partial charge in [-0.1, -0.05) is 6.07 Å². The Balaban J connectivity index is 1.78. The Labute approximate surface area is 149 Å². The molecular formula is C18H19F2NO3S. The van der Waals surface area contributed by atoms with Gasteiger partial charge in [-0.2, -0.15) is 0 Å². The maximum absolute atomic E-state index is 13.1. The lowest BCUT2D eigenvalue weighted by atomic mass is 10.2. The van der Waals surface area contributed by atoms with Crippen LogP contribution in [0.1, 0.15) is 12.0 Å². The van der Waals surface area contributed by atoms with Gasteiger partial charge in [0.05, 0.1) is 14.2 Å². The molecule has 0 saturated heterocycles. The Morgan fingerprint density at radius 1 is 1.04 bits per heavy atom. The lowest BCUT2D eigenvalue weighted by Gasteiger charge is -2.10. The first-order valence-corrected chi connectivity index (χ1v) is 8.57. The number of carbonyl (C=O) groups excluding carboxylic acids is 1. The van der Waals surface area contributed by atoms with Crippen molar-refractivity contribution in [2.24, 2.45) is 0 Å². The summed E-state index contributed by atoms with van der Waals surface area (Å²) in [5.41, 5.74) is 0.888. The van der Waals surface area contributed by atoms with Crippen LogP contribution in [0, 0.1) is 11.6 Å². The summed E-state index contributed by atoms with van der Waals surface area (Å²) in [6.45, 7) is 0.370. The highest BCUT2D eigenvalue weighted by molar-refractivity contribution is 7.99. The summed E-state index contributed by atoms with van der Waals surface area (Å²) in [7, 11) is 3.11. The van der Waals surface area contributed by atoms with Crippen LogP contribution in [0.5, 0.6) is 11.5 Å². The molecule has 0 saturated carbocycles. The second kappa shape index (κ2) is 9.27. The fraction of sp³-hybridized carbons (Fsp3) is 0.278. The highest BCUT2D eigenvalue weighted by Crippen LogP contribution is 2.27. The van der Waals surface area contributed by atoms with E-state index in [2.05, 4.69) is 5.32 Å². The monoisotopic (exact) mass is 367 g/mol. The van der Waals surface area contributed by atoms with Crippen LogP contribution in [0.2, 0.25) is 0 Å². The Kier molecular flexibility index (Phi) is 7.06. The molecule has 0 spiro atoms. The third kappa shape index (κ3) is 5.63. The standard InChI is InChI=1S/C18H19F2NO3S/c1-23-16-6-3-12(9-17(16)24-2)11-21-18(22)7-8-25-13-4-5-14(19)15(20)10-13/h3-6,9-10H,7-8,11H2,1-2H3,(H,21,22). The summed E-state index contributed by atoms with van der Waals surface area (Å²) in [6.07, 6.45) is 0.275. The highest BCUT2D eigenvalue weighted by Gasteiger charge is 2.07. The van der Waals surface area contributed by atoms with E-state index in [0.717, 1.165) is 17.7 Å². The van der Waals surface area contributed by atoms with Crippen molar-refractivity contribution >= 4 is 17.7 Å². The average Bonchev–Trinajstić information content (AvgIpc) is 2.62. The zero-order valence-electron chi connectivity index (χ0n) is 14.0. The molecule has 0 unspecified atom stereocenters. The van der Waals surface area contributed by atoms with E-state index in [1.807, 2.05) is 6.07 Å². The van der Waals surface area contributed by atoms with Gasteiger partial charge < -0.3 is 14.8 Å². The normalized spacial score (nSPS) is 10.4. The van der Waals surface area contributed by atoms with Gasteiger partial charge in [-0.25, -0.2) is 8.78 Å². The van der Waals surface area contributed by atoms with Crippen molar-refractivity contribution in [3.05, 3.63) is 53.6 Å². The summed E-state index contributed by atoms with van der Waals surface area (Å²) in [4.78, 5) is 12.5. The maximum Gasteiger partial charge on any atom is 0.221 e. The van der Waals surface area contributed by atoms with Gasteiger partial charge in [0.15, 0.2) is 23.1 Å². The zero-order chi connectivity index (χ0) is 18.2. The summed E-state index contributed by atoms with van der Waals surface area (Å²) in [5, 5.41) is 2.81. The number of nitrogens with one attached hydrogen (secondary N) is 1. The largest absolute Gasteiger partial charge is 0.493 e. The van der Waals surface area contributed by atoms with Crippen LogP contribution in [0.25, 0.3) is 0 Å². The molecule has 0 fully saturated rings. The molecule has 2 aromatic carbocycles. The van der Waals surface area contributed by atoms with Crippen LogP contribution in [0.3, 0.4) is 0 Å². The van der Waals surface area contributed by atoms with Crippen molar-refractivity contribution in [3.63, 3.8) is 0 Å². The van der Waals surface area contributed by atoms with E-state index in [4.69, 9.17) is 9.47 Å². The Bertz CT molecular complexity index is 740. The SMILES string of the molecule is COc1ccc(CNC(=O)CCSc2ccc(F)c(F)c2)cc1OC. The van der Waals surface area contributed by atoms with Gasteiger partial charge in [0.2, 0.25) is 5.91 Å². The minimum Gasteiger partial charge on any atom is -0.493 e. The smallest absolute Gasteiger partial charge is 0.221 e. The van der Waals surface area contributed by atoms with E-state index in [0.29, 0.717) is 28.7 Å². The highest BCUT2D eigenvalue weighted by atomic mass is 32.2. The summed E-state index contributed by atoms with van der Waals surface area (Å²) >= 11 is 1.30. The van der Waals surface area contributed by atoms with Crippen molar-refractivity contribution < 1.29 is 23.0 Å². The molecule has 2 rings (SSSR count). The molecule has 0 aliphatic carbocycles. The van der Waals surface area contributed by atoms with Crippen molar-refractivity contribution in [1.82, 2.24) is 5.32 Å². The van der Waals surface area contributed by atoms with Gasteiger partial charge >= 0.3 is 0 Å². The van der Waals surface area contributed by atoms with Gasteiger partial charge in [-0.05, 0) is 35.9 Å². The predicted molar refractivity (Wildman–Crippen MR) is 93.1 cm³/mol. The van der Waals surface area contributed by atoms with E-state index < -0.39 is 11.6 Å². The summed E-state index contributed by atoms with van der Waals surface area (Å²) in [5.74, 6) is -0.184. The second-order valence-corrected chi connectivity index (χ2v) is 6.31. The second-order valence-electron chi connectivity index (χ2n) is 5.14. The first-order valence-electron chi connectivity index (χ1n) is 7.59. The number of rotatable bonds is 8. The fourth-order valence-electron chi connectivity index (χ4n) is 2.11. The Morgan fingerprint density at radius 3 is 2.48 bits per heavy atom. The van der Waals surface area contributed by atoms with Gasteiger partial charge in [0.25, 0.3) is 0 Å². The maximum atomic E-state index is 13.1. The van der Waals surface area contributed by atoms with E-state index >= 15 is 0 Å². The van der Waals surface area contributed by atoms with E-state index in [9.17, 15) is 13.6 Å². The number of carbonyl (C=O) groups is 1. The Hall–Kier alpha value is -2.28. The third-order valence-electron chi connectivity index (χ3n) is 3.43. The average molecular weight is 367 g/mol. The number of benzene rings is 2. The number of amides is 1. The summed E-state index contributed by atoms with van der Waals surface area (Å²) < 4.78 is 36.3. The van der Waals surface area contributed by atoms with E-state index in [1.165, 1.54) is 17.8 Å². The molecule has 7 heteroatoms. The van der Waals surface area contributed by atoms with Gasteiger partial charge in [0.1, 0.15) is 0 Å². The molecule has 2 aromatic rings. The van der Waals surface area contributed by atoms with Crippen LogP contribution in [-0.4, -0.2) is 25.9 Å². The molecule has 0 atom stereocenters. The molecule has 1 amide bonds. The fourth-order valence-corrected chi connectivity index (χ4v) is 2.98. The van der Waals surface area contributed by atoms with Crippen molar-refractivity contribution in [1.29, 1.82) is 0 Å². The molecule has 0 aliphatic rings. The number of halogens is 2. The predicted octanol–water partition coefficient (Wildman–Crippen LogP) is 3.78. The number of hydrogen-bond acceptors (Lipinski definition) is 4. The van der Waals surface area contributed by atoms with E-state index in [1.54, 1.807) is 26.4 Å². The van der Waals surface area contributed by atoms with Crippen molar-refractivity contribution in [2.75, 3.05) is 20.0 Å². The molecule has 25 heavy (non-hydrogen) atoms. The molecule has 1 N–H and O–H groups in total. The van der Waals surface area contributed by atoms with Crippen LogP contribution >= 0.6 is 11.8 Å². The molecule has 0 aromatic heterocycles. The third-order valence-corrected chi connectivity index (χ3v) is 4.42. The van der Waals surface area contributed by atoms with Gasteiger partial charge in [0, 0.05) is 23.6 Å². The number of hydrogen-bond donors (Lipinski definition) is 1. The van der Waals surface area contributed by atoms with Gasteiger partial charge in [-0.15, -0.1) is 11.8 Å². The molecule has 0 aliphatic heterocycles. The molecule has 4 nitrogen and oxygen atoms in total. The quantitative estimate of drug-likeness (QED) is 0.722. The van der Waals surface area contributed by atoms with Crippen LogP contribution < -0.4 is 14.8 Å². The lowest BCUT2D eigenvalue weighted by molar-refractivity contribution is -0.120. The van der Waals surface area contributed by atoms with Crippen LogP contribution in [0.4, 0.5) is 8.78 Å². The molecule has 0 bridgehead atoms. The van der Waals surface area contributed by atoms with Crippen molar-refractivity contribution in [2.45, 2.75) is 17.9 Å². The van der Waals surface area contributed by atoms with Crippen LogP contribution in [-0.2, 0) is 11.3 Å². The minimum absolute atomic E-state index is 0.120. The Morgan fingerprint density at radius 2 is 1.80 bits per heavy atom. The molecule has 134 valence electrons. The summed E-state index contributed by atoms with van der Waals surface area (Å²) in [6, 6.07) is 9.12. The molecular weight excluding hydrogens is 348 g/mol. The lowest BCUT2D eigenvalue weighted by Crippen LogP contribution is -2.23. The first kappa shape index (κ1) is 19.1. The van der Waals surface area contributed by atoms with E-state index in [-0.39, 0.29) is 12.3 Å².